The van der Waals surface area contributed by atoms with E-state index in [9.17, 15) is 0 Å². The summed E-state index contributed by atoms with van der Waals surface area (Å²) in [6.07, 6.45) is 17.1. The van der Waals surface area contributed by atoms with Crippen LogP contribution in [0.2, 0.25) is 0 Å². The van der Waals surface area contributed by atoms with Gasteiger partial charge in [0.05, 0.1) is 27.5 Å². The average Bonchev–Trinajstić information content (AvgIpc) is 1.54. The second kappa shape index (κ2) is 24.5. The van der Waals surface area contributed by atoms with Gasteiger partial charge >= 0.3 is 0 Å². The van der Waals surface area contributed by atoms with E-state index in [1.807, 2.05) is 6.08 Å². The van der Waals surface area contributed by atoms with Crippen LogP contribution in [0.1, 0.15) is 167 Å². The predicted octanol–water partition coefficient (Wildman–Crippen LogP) is 25.6. The third kappa shape index (κ3) is 10.4. The number of nitrogens with zero attached hydrogens (tertiary/aromatic N) is 2. The summed E-state index contributed by atoms with van der Waals surface area (Å²) in [4.78, 5) is 0. The maximum atomic E-state index is 4.03. The molecule has 2 aliphatic carbocycles. The smallest absolute Gasteiger partial charge is 0.0713 e. The SMILES string of the molecule is C=Cc1ccc(-n2c3ccc(C)cc3c3cc(-c4ccc(C5(c6ccc(-c7ccc8c(c7)c7cc(C)ccc7n8-c7ccc(C(C)(C)C)cc7)cc6)c6ccccc6-c6cc7c(cc65)-c5ccccc5C7=C(CCCCCCC)CCCCCCC)cc4)ccc32)cc1. The molecule has 2 heterocycles. The van der Waals surface area contributed by atoms with Gasteiger partial charge in [-0.1, -0.05) is 261 Å². The van der Waals surface area contributed by atoms with E-state index >= 15 is 0 Å². The van der Waals surface area contributed by atoms with E-state index in [-0.39, 0.29) is 5.41 Å². The van der Waals surface area contributed by atoms with Gasteiger partial charge in [0.15, 0.2) is 0 Å². The molecule has 0 aliphatic heterocycles. The van der Waals surface area contributed by atoms with Gasteiger partial charge in [0.25, 0.3) is 0 Å². The number of rotatable bonds is 19. The zero-order valence-electron chi connectivity index (χ0n) is 55.6. The van der Waals surface area contributed by atoms with Crippen molar-refractivity contribution in [1.82, 2.24) is 9.13 Å². The van der Waals surface area contributed by atoms with Crippen LogP contribution in [0.15, 0.2) is 243 Å². The second-order valence-electron chi connectivity index (χ2n) is 28.0. The van der Waals surface area contributed by atoms with Gasteiger partial charge < -0.3 is 9.13 Å². The van der Waals surface area contributed by atoms with E-state index in [0.29, 0.717) is 0 Å². The third-order valence-electron chi connectivity index (χ3n) is 21.0. The van der Waals surface area contributed by atoms with Crippen molar-refractivity contribution in [2.45, 2.75) is 136 Å². The van der Waals surface area contributed by atoms with E-state index in [1.165, 1.54) is 214 Å². The monoisotopic (exact) mass is 1210 g/mol. The molecule has 0 N–H and O–H groups in total. The summed E-state index contributed by atoms with van der Waals surface area (Å²) in [5.74, 6) is 0. The molecule has 1 atom stereocenters. The van der Waals surface area contributed by atoms with Crippen molar-refractivity contribution < 1.29 is 0 Å². The van der Waals surface area contributed by atoms with Crippen LogP contribution < -0.4 is 0 Å². The number of unbranched alkanes of at least 4 members (excludes halogenated alkanes) is 8. The first-order valence-corrected chi connectivity index (χ1v) is 34.7. The number of allylic oxidation sites excluding steroid dienone is 1. The van der Waals surface area contributed by atoms with Crippen LogP contribution in [-0.2, 0) is 10.8 Å². The lowest BCUT2D eigenvalue weighted by molar-refractivity contribution is 0.590. The molecule has 2 nitrogen and oxygen atoms in total. The maximum absolute atomic E-state index is 4.03. The molecule has 11 aromatic carbocycles. The number of hydrogen-bond donors (Lipinski definition) is 0. The summed E-state index contributed by atoms with van der Waals surface area (Å²) in [6, 6.07) is 89.5. The lowest BCUT2D eigenvalue weighted by Crippen LogP contribution is -2.28. The number of aryl methyl sites for hydroxylation is 2. The van der Waals surface area contributed by atoms with Gasteiger partial charge in [0, 0.05) is 32.9 Å². The largest absolute Gasteiger partial charge is 0.309 e. The summed E-state index contributed by atoms with van der Waals surface area (Å²) >= 11 is 0. The molecule has 2 heteroatoms. The Hall–Kier alpha value is -9.50. The Labute approximate surface area is 551 Å². The summed E-state index contributed by atoms with van der Waals surface area (Å²) in [7, 11) is 0. The molecular formula is C91H86N2. The zero-order chi connectivity index (χ0) is 63.5. The molecule has 0 bridgehead atoms. The molecule has 13 aromatic rings. The molecule has 0 spiro atoms. The fraction of sp³-hybridized carbons (Fsp3) is 0.231. The molecule has 2 aromatic heterocycles. The molecule has 0 radical (unpaired) electrons. The molecule has 0 amide bonds. The van der Waals surface area contributed by atoms with Gasteiger partial charge in [0.1, 0.15) is 0 Å². The van der Waals surface area contributed by atoms with Crippen LogP contribution in [-0.4, -0.2) is 9.13 Å². The fourth-order valence-electron chi connectivity index (χ4n) is 16.1. The van der Waals surface area contributed by atoms with Crippen molar-refractivity contribution >= 4 is 55.3 Å². The maximum Gasteiger partial charge on any atom is 0.0713 e. The van der Waals surface area contributed by atoms with Crippen LogP contribution in [0.4, 0.5) is 0 Å². The Morgan fingerprint density at radius 3 is 1.34 bits per heavy atom. The van der Waals surface area contributed by atoms with Crippen molar-refractivity contribution in [2.24, 2.45) is 0 Å². The Bertz CT molecular complexity index is 5010. The molecule has 15 rings (SSSR count). The number of aromatic nitrogens is 2. The number of benzene rings is 11. The van der Waals surface area contributed by atoms with Gasteiger partial charge in [-0.25, -0.2) is 0 Å². The first kappa shape index (κ1) is 59.8. The lowest BCUT2D eigenvalue weighted by atomic mass is 9.67. The van der Waals surface area contributed by atoms with Gasteiger partial charge in [-0.05, 0) is 224 Å². The number of hydrogen-bond acceptors (Lipinski definition) is 0. The summed E-state index contributed by atoms with van der Waals surface area (Å²) < 4.78 is 4.87. The molecule has 0 saturated heterocycles. The van der Waals surface area contributed by atoms with E-state index in [4.69, 9.17) is 0 Å². The number of fused-ring (bicyclic) bond motifs is 12. The Balaban J connectivity index is 0.895. The summed E-state index contributed by atoms with van der Waals surface area (Å²) in [6.45, 7) is 20.0. The predicted molar refractivity (Wildman–Crippen MR) is 400 cm³/mol. The molecule has 0 fully saturated rings. The lowest BCUT2D eigenvalue weighted by Gasteiger charge is -2.34. The third-order valence-corrected chi connectivity index (χ3v) is 21.0. The van der Waals surface area contributed by atoms with E-state index in [2.05, 4.69) is 295 Å². The van der Waals surface area contributed by atoms with Crippen molar-refractivity contribution in [3.63, 3.8) is 0 Å². The van der Waals surface area contributed by atoms with Gasteiger partial charge in [0.2, 0.25) is 0 Å². The minimum absolute atomic E-state index is 0.0780. The summed E-state index contributed by atoms with van der Waals surface area (Å²) in [5.41, 5.74) is 33.0. The van der Waals surface area contributed by atoms with Gasteiger partial charge in [-0.2, -0.15) is 0 Å². The molecule has 1 unspecified atom stereocenters. The topological polar surface area (TPSA) is 9.86 Å². The highest BCUT2D eigenvalue weighted by Gasteiger charge is 2.47. The van der Waals surface area contributed by atoms with Crippen molar-refractivity contribution in [2.75, 3.05) is 0 Å². The van der Waals surface area contributed by atoms with Gasteiger partial charge in [-0.15, -0.1) is 0 Å². The quantitative estimate of drug-likeness (QED) is 0.0714. The van der Waals surface area contributed by atoms with Crippen molar-refractivity contribution in [3.05, 3.63) is 298 Å². The minimum Gasteiger partial charge on any atom is -0.309 e. The minimum atomic E-state index is -0.631. The molecule has 2 aliphatic rings. The normalized spacial score (nSPS) is 14.1. The van der Waals surface area contributed by atoms with Crippen LogP contribution in [0.3, 0.4) is 0 Å². The molecular weight excluding hydrogens is 1120 g/mol. The Morgan fingerprint density at radius 2 is 0.839 bits per heavy atom. The standard InChI is InChI=1S/C91H86N2/c1-9-12-14-16-18-24-65(25-19-17-15-13-10-2)89-75-28-21-20-26-73(75)76-59-84-77(58-82(76)89)74-27-22-23-29-83(74)91(84,69-40-34-63(35-41-69)66-38-52-87-80(56-66)78-54-60(4)30-50-85(78)92(87)71-46-32-62(11-3)33-47-71)70-42-36-64(37-43-70)67-39-53-88-81(57-67)79-55-61(5)31-51-86(79)93(88)72-48-44-68(45-49-72)90(6,7)8/h11,20-23,26-59H,3,9-10,12-19,24-25H2,1-2,4-8H3. The summed E-state index contributed by atoms with van der Waals surface area (Å²) in [5, 5.41) is 5.06. The Morgan fingerprint density at radius 1 is 0.387 bits per heavy atom. The first-order valence-electron chi connectivity index (χ1n) is 34.7. The average molecular weight is 1210 g/mol. The molecule has 0 saturated carbocycles. The van der Waals surface area contributed by atoms with Gasteiger partial charge in [-0.3, -0.25) is 0 Å². The van der Waals surface area contributed by atoms with E-state index in [0.717, 1.165) is 24.1 Å². The Kier molecular flexibility index (Phi) is 15.8. The highest BCUT2D eigenvalue weighted by molar-refractivity contribution is 6.12. The van der Waals surface area contributed by atoms with Crippen LogP contribution in [0.25, 0.3) is 111 Å². The highest BCUT2D eigenvalue weighted by atomic mass is 15.0. The van der Waals surface area contributed by atoms with Crippen LogP contribution >= 0.6 is 0 Å². The first-order chi connectivity index (χ1) is 45.4. The van der Waals surface area contributed by atoms with E-state index < -0.39 is 5.41 Å². The van der Waals surface area contributed by atoms with Crippen molar-refractivity contribution in [1.29, 1.82) is 0 Å². The zero-order valence-corrected chi connectivity index (χ0v) is 55.6. The highest BCUT2D eigenvalue weighted by Crippen LogP contribution is 2.60. The van der Waals surface area contributed by atoms with Crippen molar-refractivity contribution in [3.8, 4) is 55.9 Å². The second-order valence-corrected chi connectivity index (χ2v) is 28.0. The molecule has 460 valence electrons. The van der Waals surface area contributed by atoms with Crippen LogP contribution in [0, 0.1) is 13.8 Å². The fourth-order valence-corrected chi connectivity index (χ4v) is 16.1. The van der Waals surface area contributed by atoms with E-state index in [1.54, 1.807) is 5.57 Å². The van der Waals surface area contributed by atoms with Crippen LogP contribution in [0.5, 0.6) is 0 Å². The molecule has 93 heavy (non-hydrogen) atoms.